The SMILES string of the molecule is Cl.O=c1[nH]nc2n1CC1(CCN(CC3CC3)C1)OC2. The number of ether oxygens (including phenoxy) is 1. The molecule has 1 aliphatic carbocycles. The lowest BCUT2D eigenvalue weighted by molar-refractivity contribution is -0.0830. The Kier molecular flexibility index (Phi) is 3.19. The summed E-state index contributed by atoms with van der Waals surface area (Å²) in [4.78, 5) is 14.1. The maximum Gasteiger partial charge on any atom is 0.343 e. The van der Waals surface area contributed by atoms with Gasteiger partial charge < -0.3 is 9.64 Å². The van der Waals surface area contributed by atoms with E-state index in [9.17, 15) is 4.79 Å². The van der Waals surface area contributed by atoms with Crippen LogP contribution in [-0.4, -0.2) is 44.9 Å². The highest BCUT2D eigenvalue weighted by Gasteiger charge is 2.44. The maximum absolute atomic E-state index is 11.6. The summed E-state index contributed by atoms with van der Waals surface area (Å²) in [5.41, 5.74) is -0.261. The Morgan fingerprint density at radius 1 is 1.42 bits per heavy atom. The second-order valence-corrected chi connectivity index (χ2v) is 5.93. The van der Waals surface area contributed by atoms with E-state index in [-0.39, 0.29) is 23.7 Å². The Hall–Kier alpha value is -0.850. The van der Waals surface area contributed by atoms with Gasteiger partial charge in [-0.1, -0.05) is 0 Å². The highest BCUT2D eigenvalue weighted by molar-refractivity contribution is 5.85. The van der Waals surface area contributed by atoms with Crippen molar-refractivity contribution < 1.29 is 4.74 Å². The molecule has 1 unspecified atom stereocenters. The molecular formula is C12H19ClN4O2. The second-order valence-electron chi connectivity index (χ2n) is 5.93. The molecular weight excluding hydrogens is 268 g/mol. The van der Waals surface area contributed by atoms with Crippen LogP contribution in [0.5, 0.6) is 0 Å². The number of aromatic nitrogens is 3. The van der Waals surface area contributed by atoms with Crippen molar-refractivity contribution >= 4 is 12.4 Å². The van der Waals surface area contributed by atoms with E-state index < -0.39 is 0 Å². The van der Waals surface area contributed by atoms with E-state index in [1.54, 1.807) is 4.57 Å². The summed E-state index contributed by atoms with van der Waals surface area (Å²) in [6.45, 7) is 4.37. The Labute approximate surface area is 117 Å². The molecule has 0 amide bonds. The molecule has 106 valence electrons. The van der Waals surface area contributed by atoms with Gasteiger partial charge in [0.15, 0.2) is 5.82 Å². The monoisotopic (exact) mass is 286 g/mol. The Morgan fingerprint density at radius 3 is 3.05 bits per heavy atom. The van der Waals surface area contributed by atoms with Crippen molar-refractivity contribution in [2.75, 3.05) is 19.6 Å². The highest BCUT2D eigenvalue weighted by Crippen LogP contribution is 2.35. The van der Waals surface area contributed by atoms with Gasteiger partial charge >= 0.3 is 5.69 Å². The van der Waals surface area contributed by atoms with Gasteiger partial charge in [-0.2, -0.15) is 5.10 Å². The molecule has 0 aromatic carbocycles. The Morgan fingerprint density at radius 2 is 2.26 bits per heavy atom. The summed E-state index contributed by atoms with van der Waals surface area (Å²) < 4.78 is 7.75. The fraction of sp³-hybridized carbons (Fsp3) is 0.833. The molecule has 1 saturated carbocycles. The number of fused-ring (bicyclic) bond motifs is 1. The standard InChI is InChI=1S/C12H18N4O2.ClH/c17-11-14-13-10-6-18-12(8-16(10)11)3-4-15(7-12)5-9-1-2-9;/h9H,1-8H2,(H,14,17);1H. The summed E-state index contributed by atoms with van der Waals surface area (Å²) in [6, 6.07) is 0. The van der Waals surface area contributed by atoms with Crippen molar-refractivity contribution in [2.45, 2.75) is 38.0 Å². The molecule has 3 heterocycles. The van der Waals surface area contributed by atoms with Crippen LogP contribution in [0.2, 0.25) is 0 Å². The minimum Gasteiger partial charge on any atom is -0.364 e. The van der Waals surface area contributed by atoms with Crippen molar-refractivity contribution in [2.24, 2.45) is 5.92 Å². The molecule has 2 fully saturated rings. The molecule has 7 heteroatoms. The number of likely N-dealkylation sites (tertiary alicyclic amines) is 1. The van der Waals surface area contributed by atoms with E-state index in [0.717, 1.165) is 31.3 Å². The van der Waals surface area contributed by atoms with Crippen LogP contribution in [-0.2, 0) is 17.9 Å². The van der Waals surface area contributed by atoms with Gasteiger partial charge in [-0.05, 0) is 25.2 Å². The number of rotatable bonds is 2. The molecule has 4 rings (SSSR count). The van der Waals surface area contributed by atoms with Crippen molar-refractivity contribution in [3.8, 4) is 0 Å². The number of halogens is 1. The number of H-pyrrole nitrogens is 1. The van der Waals surface area contributed by atoms with Crippen LogP contribution in [0.3, 0.4) is 0 Å². The molecule has 1 atom stereocenters. The Balaban J connectivity index is 0.00000110. The van der Waals surface area contributed by atoms with Crippen molar-refractivity contribution in [3.05, 3.63) is 16.3 Å². The molecule has 1 spiro atoms. The molecule has 1 saturated heterocycles. The van der Waals surface area contributed by atoms with Crippen LogP contribution < -0.4 is 5.69 Å². The lowest BCUT2D eigenvalue weighted by Crippen LogP contribution is -2.46. The molecule has 1 aromatic rings. The van der Waals surface area contributed by atoms with Gasteiger partial charge in [-0.3, -0.25) is 4.57 Å². The third-order valence-corrected chi connectivity index (χ3v) is 4.40. The number of hydrogen-bond donors (Lipinski definition) is 1. The average Bonchev–Trinajstić information content (AvgIpc) is 3.00. The lowest BCUT2D eigenvalue weighted by Gasteiger charge is -2.33. The summed E-state index contributed by atoms with van der Waals surface area (Å²) >= 11 is 0. The zero-order valence-electron chi connectivity index (χ0n) is 10.8. The molecule has 3 aliphatic rings. The van der Waals surface area contributed by atoms with Crippen molar-refractivity contribution in [1.29, 1.82) is 0 Å². The van der Waals surface area contributed by atoms with Gasteiger partial charge in [0.1, 0.15) is 12.2 Å². The normalized spacial score (nSPS) is 30.3. The van der Waals surface area contributed by atoms with E-state index in [1.807, 2.05) is 0 Å². The molecule has 1 aromatic heterocycles. The van der Waals surface area contributed by atoms with Gasteiger partial charge in [-0.25, -0.2) is 9.89 Å². The summed E-state index contributed by atoms with van der Waals surface area (Å²) in [5, 5.41) is 6.48. The second kappa shape index (κ2) is 4.61. The minimum atomic E-state index is -0.157. The number of nitrogens with zero attached hydrogens (tertiary/aromatic N) is 3. The number of hydrogen-bond acceptors (Lipinski definition) is 4. The average molecular weight is 287 g/mol. The van der Waals surface area contributed by atoms with Crippen molar-refractivity contribution in [1.82, 2.24) is 19.7 Å². The molecule has 1 N–H and O–H groups in total. The van der Waals surface area contributed by atoms with Gasteiger partial charge in [0.25, 0.3) is 0 Å². The largest absolute Gasteiger partial charge is 0.364 e. The minimum absolute atomic E-state index is 0. The van der Waals surface area contributed by atoms with Gasteiger partial charge in [0, 0.05) is 19.6 Å². The molecule has 0 radical (unpaired) electrons. The highest BCUT2D eigenvalue weighted by atomic mass is 35.5. The van der Waals surface area contributed by atoms with Crippen LogP contribution in [0.4, 0.5) is 0 Å². The summed E-state index contributed by atoms with van der Waals surface area (Å²) in [5.74, 6) is 1.64. The van der Waals surface area contributed by atoms with Crippen molar-refractivity contribution in [3.63, 3.8) is 0 Å². The third-order valence-electron chi connectivity index (χ3n) is 4.40. The molecule has 19 heavy (non-hydrogen) atoms. The third kappa shape index (κ3) is 2.32. The van der Waals surface area contributed by atoms with Crippen LogP contribution in [0.1, 0.15) is 25.1 Å². The predicted molar refractivity (Wildman–Crippen MR) is 71.4 cm³/mol. The first-order valence-electron chi connectivity index (χ1n) is 6.75. The maximum atomic E-state index is 11.6. The molecule has 2 aliphatic heterocycles. The van der Waals surface area contributed by atoms with Gasteiger partial charge in [-0.15, -0.1) is 12.4 Å². The van der Waals surface area contributed by atoms with E-state index >= 15 is 0 Å². The van der Waals surface area contributed by atoms with Gasteiger partial charge in [0.05, 0.1) is 6.54 Å². The van der Waals surface area contributed by atoms with E-state index in [1.165, 1.54) is 19.4 Å². The van der Waals surface area contributed by atoms with Gasteiger partial charge in [0.2, 0.25) is 0 Å². The van der Waals surface area contributed by atoms with Crippen LogP contribution >= 0.6 is 12.4 Å². The predicted octanol–water partition coefficient (Wildman–Crippen LogP) is 0.378. The number of aromatic amines is 1. The zero-order valence-corrected chi connectivity index (χ0v) is 11.6. The smallest absolute Gasteiger partial charge is 0.343 e. The van der Waals surface area contributed by atoms with Crippen LogP contribution in [0, 0.1) is 5.92 Å². The quantitative estimate of drug-likeness (QED) is 0.854. The van der Waals surface area contributed by atoms with E-state index in [0.29, 0.717) is 13.2 Å². The molecule has 6 nitrogen and oxygen atoms in total. The van der Waals surface area contributed by atoms with E-state index in [4.69, 9.17) is 4.74 Å². The zero-order chi connectivity index (χ0) is 12.2. The molecule has 0 bridgehead atoms. The summed E-state index contributed by atoms with van der Waals surface area (Å²) in [6.07, 6.45) is 3.79. The summed E-state index contributed by atoms with van der Waals surface area (Å²) in [7, 11) is 0. The van der Waals surface area contributed by atoms with Crippen LogP contribution in [0.25, 0.3) is 0 Å². The van der Waals surface area contributed by atoms with E-state index in [2.05, 4.69) is 15.1 Å². The fourth-order valence-corrected chi connectivity index (χ4v) is 3.17. The fourth-order valence-electron chi connectivity index (χ4n) is 3.17. The first kappa shape index (κ1) is 13.1. The topological polar surface area (TPSA) is 63.2 Å². The first-order valence-corrected chi connectivity index (χ1v) is 6.75. The first-order chi connectivity index (χ1) is 8.74. The van der Waals surface area contributed by atoms with Crippen LogP contribution in [0.15, 0.2) is 4.79 Å². The number of nitrogens with one attached hydrogen (secondary N) is 1. The lowest BCUT2D eigenvalue weighted by atomic mass is 10.0. The Bertz CT molecular complexity index is 524.